The highest BCUT2D eigenvalue weighted by molar-refractivity contribution is 7.99. The lowest BCUT2D eigenvalue weighted by Crippen LogP contribution is -2.36. The van der Waals surface area contributed by atoms with Gasteiger partial charge >= 0.3 is 0 Å². The SMILES string of the molecule is Cn1ccnc1SCCNC(=O)c1cccc(S(=O)(=O)N2CCc3ccccc3C2)c1. The normalized spacial score (nSPS) is 14.2. The number of carbonyl (C=O) groups is 1. The molecule has 1 amide bonds. The quantitative estimate of drug-likeness (QED) is 0.437. The number of thioether (sulfide) groups is 1. The number of benzene rings is 2. The third-order valence-corrected chi connectivity index (χ3v) is 8.13. The van der Waals surface area contributed by atoms with Gasteiger partial charge in [0.2, 0.25) is 10.0 Å². The molecule has 2 aromatic carbocycles. The predicted molar refractivity (Wildman–Crippen MR) is 120 cm³/mol. The van der Waals surface area contributed by atoms with E-state index in [1.54, 1.807) is 36.2 Å². The van der Waals surface area contributed by atoms with Crippen LogP contribution in [-0.2, 0) is 30.0 Å². The predicted octanol–water partition coefficient (Wildman–Crippen LogP) is 2.69. The molecule has 0 atom stereocenters. The van der Waals surface area contributed by atoms with E-state index in [9.17, 15) is 13.2 Å². The number of aromatic nitrogens is 2. The summed E-state index contributed by atoms with van der Waals surface area (Å²) in [6.45, 7) is 1.23. The van der Waals surface area contributed by atoms with Crippen molar-refractivity contribution in [2.24, 2.45) is 7.05 Å². The average molecular weight is 457 g/mol. The summed E-state index contributed by atoms with van der Waals surface area (Å²) in [7, 11) is -1.76. The summed E-state index contributed by atoms with van der Waals surface area (Å²) < 4.78 is 29.8. The average Bonchev–Trinajstić information content (AvgIpc) is 3.21. The Labute approximate surface area is 186 Å². The molecule has 7 nitrogen and oxygen atoms in total. The van der Waals surface area contributed by atoms with Crippen molar-refractivity contribution >= 4 is 27.7 Å². The van der Waals surface area contributed by atoms with E-state index in [0.29, 0.717) is 37.4 Å². The molecule has 9 heteroatoms. The monoisotopic (exact) mass is 456 g/mol. The molecule has 1 aromatic heterocycles. The van der Waals surface area contributed by atoms with Crippen molar-refractivity contribution in [3.8, 4) is 0 Å². The van der Waals surface area contributed by atoms with Gasteiger partial charge in [-0.25, -0.2) is 13.4 Å². The number of nitrogens with zero attached hydrogens (tertiary/aromatic N) is 3. The number of imidazole rings is 1. The lowest BCUT2D eigenvalue weighted by atomic mass is 10.0. The minimum atomic E-state index is -3.68. The van der Waals surface area contributed by atoms with Crippen molar-refractivity contribution < 1.29 is 13.2 Å². The fraction of sp³-hybridized carbons (Fsp3) is 0.273. The minimum absolute atomic E-state index is 0.141. The summed E-state index contributed by atoms with van der Waals surface area (Å²) in [5, 5.41) is 3.73. The Balaban J connectivity index is 1.40. The molecule has 0 unspecified atom stereocenters. The highest BCUT2D eigenvalue weighted by Gasteiger charge is 2.28. The number of sulfonamides is 1. The number of amides is 1. The van der Waals surface area contributed by atoms with Gasteiger partial charge in [0.25, 0.3) is 5.91 Å². The summed E-state index contributed by atoms with van der Waals surface area (Å²) in [5.74, 6) is 0.378. The Morgan fingerprint density at radius 3 is 2.74 bits per heavy atom. The first-order valence-electron chi connectivity index (χ1n) is 10.0. The van der Waals surface area contributed by atoms with Crippen LogP contribution in [0.25, 0.3) is 0 Å². The van der Waals surface area contributed by atoms with Crippen molar-refractivity contribution in [3.63, 3.8) is 0 Å². The van der Waals surface area contributed by atoms with Crippen molar-refractivity contribution in [1.82, 2.24) is 19.2 Å². The molecule has 31 heavy (non-hydrogen) atoms. The lowest BCUT2D eigenvalue weighted by molar-refractivity contribution is 0.0956. The third-order valence-electron chi connectivity index (χ3n) is 5.23. The second-order valence-electron chi connectivity index (χ2n) is 7.31. The van der Waals surface area contributed by atoms with E-state index in [-0.39, 0.29) is 10.8 Å². The van der Waals surface area contributed by atoms with E-state index in [2.05, 4.69) is 10.3 Å². The molecular weight excluding hydrogens is 432 g/mol. The molecule has 3 aromatic rings. The van der Waals surface area contributed by atoms with Crippen LogP contribution in [0.2, 0.25) is 0 Å². The van der Waals surface area contributed by atoms with E-state index >= 15 is 0 Å². The van der Waals surface area contributed by atoms with Gasteiger partial charge in [0.15, 0.2) is 5.16 Å². The fourth-order valence-electron chi connectivity index (χ4n) is 3.52. The molecule has 0 saturated heterocycles. The van der Waals surface area contributed by atoms with Gasteiger partial charge < -0.3 is 9.88 Å². The van der Waals surface area contributed by atoms with Crippen LogP contribution in [0, 0.1) is 0 Å². The smallest absolute Gasteiger partial charge is 0.251 e. The van der Waals surface area contributed by atoms with Crippen LogP contribution in [0.15, 0.2) is 71.0 Å². The Kier molecular flexibility index (Phi) is 6.45. The van der Waals surface area contributed by atoms with Crippen molar-refractivity contribution in [1.29, 1.82) is 0 Å². The van der Waals surface area contributed by atoms with Gasteiger partial charge in [0.1, 0.15) is 0 Å². The zero-order chi connectivity index (χ0) is 21.8. The lowest BCUT2D eigenvalue weighted by Gasteiger charge is -2.28. The van der Waals surface area contributed by atoms with Gasteiger partial charge in [-0.2, -0.15) is 4.31 Å². The minimum Gasteiger partial charge on any atom is -0.351 e. The van der Waals surface area contributed by atoms with Gasteiger partial charge in [0, 0.05) is 50.4 Å². The number of nitrogens with one attached hydrogen (secondary N) is 1. The van der Waals surface area contributed by atoms with Crippen molar-refractivity contribution in [3.05, 3.63) is 77.6 Å². The molecule has 1 aliphatic rings. The fourth-order valence-corrected chi connectivity index (χ4v) is 5.77. The molecule has 0 bridgehead atoms. The highest BCUT2D eigenvalue weighted by atomic mass is 32.2. The second kappa shape index (κ2) is 9.25. The molecule has 0 spiro atoms. The summed E-state index contributed by atoms with van der Waals surface area (Å²) in [6, 6.07) is 14.1. The third kappa shape index (κ3) is 4.84. The molecule has 2 heterocycles. The Morgan fingerprint density at radius 1 is 1.16 bits per heavy atom. The molecule has 1 N–H and O–H groups in total. The summed E-state index contributed by atoms with van der Waals surface area (Å²) >= 11 is 1.55. The van der Waals surface area contributed by atoms with E-state index in [1.807, 2.05) is 42.1 Å². The number of fused-ring (bicyclic) bond motifs is 1. The molecule has 162 valence electrons. The number of hydrogen-bond donors (Lipinski definition) is 1. The van der Waals surface area contributed by atoms with Gasteiger partial charge in [-0.3, -0.25) is 4.79 Å². The Morgan fingerprint density at radius 2 is 1.97 bits per heavy atom. The molecule has 0 aliphatic carbocycles. The maximum absolute atomic E-state index is 13.2. The summed E-state index contributed by atoms with van der Waals surface area (Å²) in [6.07, 6.45) is 4.28. The molecule has 0 radical (unpaired) electrons. The van der Waals surface area contributed by atoms with Crippen molar-refractivity contribution in [2.75, 3.05) is 18.8 Å². The topological polar surface area (TPSA) is 84.3 Å². The van der Waals surface area contributed by atoms with Crippen LogP contribution in [0.4, 0.5) is 0 Å². The van der Waals surface area contributed by atoms with Crippen LogP contribution in [0.1, 0.15) is 21.5 Å². The number of hydrogen-bond acceptors (Lipinski definition) is 5. The van der Waals surface area contributed by atoms with Crippen LogP contribution in [-0.4, -0.2) is 47.0 Å². The number of carbonyl (C=O) groups excluding carboxylic acids is 1. The summed E-state index contributed by atoms with van der Waals surface area (Å²) in [4.78, 5) is 16.9. The van der Waals surface area contributed by atoms with Crippen LogP contribution >= 0.6 is 11.8 Å². The second-order valence-corrected chi connectivity index (χ2v) is 10.3. The van der Waals surface area contributed by atoms with Gasteiger partial charge in [-0.05, 0) is 35.7 Å². The maximum Gasteiger partial charge on any atom is 0.251 e. The molecule has 0 saturated carbocycles. The van der Waals surface area contributed by atoms with Gasteiger partial charge in [-0.15, -0.1) is 0 Å². The first-order chi connectivity index (χ1) is 14.9. The van der Waals surface area contributed by atoms with E-state index < -0.39 is 10.0 Å². The maximum atomic E-state index is 13.2. The number of aryl methyl sites for hydroxylation is 1. The molecule has 4 rings (SSSR count). The van der Waals surface area contributed by atoms with Gasteiger partial charge in [-0.1, -0.05) is 42.1 Å². The van der Waals surface area contributed by atoms with Crippen LogP contribution < -0.4 is 5.32 Å². The first-order valence-corrected chi connectivity index (χ1v) is 12.4. The van der Waals surface area contributed by atoms with Gasteiger partial charge in [0.05, 0.1) is 4.90 Å². The Bertz CT molecular complexity index is 1190. The number of rotatable bonds is 7. The highest BCUT2D eigenvalue weighted by Crippen LogP contribution is 2.25. The van der Waals surface area contributed by atoms with E-state index in [1.165, 1.54) is 15.9 Å². The van der Waals surface area contributed by atoms with Crippen LogP contribution in [0.5, 0.6) is 0 Å². The molecule has 1 aliphatic heterocycles. The zero-order valence-electron chi connectivity index (χ0n) is 17.2. The summed E-state index contributed by atoms with van der Waals surface area (Å²) in [5.41, 5.74) is 2.54. The largest absolute Gasteiger partial charge is 0.351 e. The standard InChI is InChI=1S/C22H24N4O3S2/c1-25-13-10-24-22(25)30-14-11-23-21(27)18-7-4-8-20(15-18)31(28,29)26-12-9-17-5-2-3-6-19(17)16-26/h2-8,10,13,15H,9,11-12,14,16H2,1H3,(H,23,27). The zero-order valence-corrected chi connectivity index (χ0v) is 18.8. The first kappa shape index (κ1) is 21.6. The van der Waals surface area contributed by atoms with E-state index in [0.717, 1.165) is 10.7 Å². The Hall–Kier alpha value is -2.62. The van der Waals surface area contributed by atoms with E-state index in [4.69, 9.17) is 0 Å². The van der Waals surface area contributed by atoms with Crippen LogP contribution in [0.3, 0.4) is 0 Å². The van der Waals surface area contributed by atoms with Crippen molar-refractivity contribution in [2.45, 2.75) is 23.0 Å². The molecular formula is C22H24N4O3S2. The molecule has 0 fully saturated rings.